The molecule has 24 heavy (non-hydrogen) atoms. The van der Waals surface area contributed by atoms with E-state index in [2.05, 4.69) is 9.97 Å². The van der Waals surface area contributed by atoms with Crippen molar-refractivity contribution in [2.24, 2.45) is 0 Å². The van der Waals surface area contributed by atoms with E-state index in [-0.39, 0.29) is 5.75 Å². The van der Waals surface area contributed by atoms with Gasteiger partial charge < -0.3 is 10.3 Å². The summed E-state index contributed by atoms with van der Waals surface area (Å²) in [4.78, 5) is 8.59. The molecule has 3 N–H and O–H groups in total. The minimum Gasteiger partial charge on any atom is -0.383 e. The topological polar surface area (TPSA) is 89.1 Å². The van der Waals surface area contributed by atoms with Gasteiger partial charge in [0.1, 0.15) is 5.82 Å². The molecule has 2 aromatic heterocycles. The van der Waals surface area contributed by atoms with Crippen LogP contribution in [0.1, 0.15) is 11.3 Å². The van der Waals surface area contributed by atoms with E-state index >= 15 is 0 Å². The van der Waals surface area contributed by atoms with Crippen LogP contribution in [0.5, 0.6) is 0 Å². The minimum atomic E-state index is -1.84. The van der Waals surface area contributed by atoms with Gasteiger partial charge >= 0.3 is 0 Å². The van der Waals surface area contributed by atoms with Crippen LogP contribution < -0.4 is 5.73 Å². The molecule has 1 atom stereocenters. The van der Waals surface area contributed by atoms with Gasteiger partial charge in [-0.2, -0.15) is 0 Å². The van der Waals surface area contributed by atoms with E-state index < -0.39 is 11.1 Å². The van der Waals surface area contributed by atoms with Crippen LogP contribution in [0.2, 0.25) is 0 Å². The highest BCUT2D eigenvalue weighted by Crippen LogP contribution is 2.29. The van der Waals surface area contributed by atoms with E-state index in [1.54, 1.807) is 12.4 Å². The number of aryl methyl sites for hydroxylation is 1. The molecule has 0 spiro atoms. The van der Waals surface area contributed by atoms with Crippen LogP contribution in [0.25, 0.3) is 22.3 Å². The summed E-state index contributed by atoms with van der Waals surface area (Å²) in [5.74, 6) is 0.581. The molecule has 6 heteroatoms. The molecule has 1 aromatic carbocycles. The summed E-state index contributed by atoms with van der Waals surface area (Å²) >= 11 is -1.84. The summed E-state index contributed by atoms with van der Waals surface area (Å²) in [7, 11) is 0. The SMILES string of the molecule is Cc1ccc(-c2cc(-c3ccc(CS(=O)O)cc3)cnc2N)cn1. The van der Waals surface area contributed by atoms with Crippen LogP contribution in [0.3, 0.4) is 0 Å². The first-order valence-electron chi connectivity index (χ1n) is 7.38. The lowest BCUT2D eigenvalue weighted by atomic mass is 10.0. The van der Waals surface area contributed by atoms with Gasteiger partial charge in [0.2, 0.25) is 0 Å². The summed E-state index contributed by atoms with van der Waals surface area (Å²) in [5, 5.41) is 0. The maximum Gasteiger partial charge on any atom is 0.157 e. The van der Waals surface area contributed by atoms with Crippen LogP contribution >= 0.6 is 0 Å². The van der Waals surface area contributed by atoms with Gasteiger partial charge in [-0.1, -0.05) is 30.3 Å². The molecule has 0 aliphatic rings. The maximum absolute atomic E-state index is 10.9. The van der Waals surface area contributed by atoms with Crippen LogP contribution in [-0.2, 0) is 16.8 Å². The summed E-state index contributed by atoms with van der Waals surface area (Å²) in [6, 6.07) is 13.4. The second kappa shape index (κ2) is 6.90. The second-order valence-electron chi connectivity index (χ2n) is 5.51. The molecular formula is C18H17N3O2S. The Morgan fingerprint density at radius 1 is 1.00 bits per heavy atom. The Labute approximate surface area is 142 Å². The summed E-state index contributed by atoms with van der Waals surface area (Å²) in [6.07, 6.45) is 3.51. The molecule has 2 heterocycles. The smallest absolute Gasteiger partial charge is 0.157 e. The Bertz CT molecular complexity index is 878. The number of hydrogen-bond donors (Lipinski definition) is 2. The molecular weight excluding hydrogens is 322 g/mol. The van der Waals surface area contributed by atoms with Crippen molar-refractivity contribution in [1.29, 1.82) is 0 Å². The van der Waals surface area contributed by atoms with E-state index in [1.807, 2.05) is 49.4 Å². The first-order valence-corrected chi connectivity index (χ1v) is 8.66. The van der Waals surface area contributed by atoms with Gasteiger partial charge in [-0.25, -0.2) is 9.19 Å². The monoisotopic (exact) mass is 339 g/mol. The number of hydrogen-bond acceptors (Lipinski definition) is 4. The Hall–Kier alpha value is -2.57. The summed E-state index contributed by atoms with van der Waals surface area (Å²) in [6.45, 7) is 1.93. The Balaban J connectivity index is 1.96. The number of benzene rings is 1. The number of pyridine rings is 2. The first-order chi connectivity index (χ1) is 11.5. The van der Waals surface area contributed by atoms with Crippen molar-refractivity contribution in [2.45, 2.75) is 12.7 Å². The molecule has 0 fully saturated rings. The van der Waals surface area contributed by atoms with E-state index in [9.17, 15) is 4.21 Å². The van der Waals surface area contributed by atoms with Crippen LogP contribution in [-0.4, -0.2) is 18.7 Å². The summed E-state index contributed by atoms with van der Waals surface area (Å²) in [5.41, 5.74) is 11.4. The van der Waals surface area contributed by atoms with Gasteiger partial charge in [0.25, 0.3) is 0 Å². The van der Waals surface area contributed by atoms with Crippen molar-refractivity contribution in [1.82, 2.24) is 9.97 Å². The fraction of sp³-hybridized carbons (Fsp3) is 0.111. The van der Waals surface area contributed by atoms with Gasteiger partial charge in [0.15, 0.2) is 11.1 Å². The van der Waals surface area contributed by atoms with Crippen molar-refractivity contribution in [3.63, 3.8) is 0 Å². The lowest BCUT2D eigenvalue weighted by molar-refractivity contribution is 0.563. The Morgan fingerprint density at radius 2 is 1.67 bits per heavy atom. The molecule has 0 radical (unpaired) electrons. The van der Waals surface area contributed by atoms with E-state index in [1.165, 1.54) is 0 Å². The predicted octanol–water partition coefficient (Wildman–Crippen LogP) is 3.42. The van der Waals surface area contributed by atoms with Crippen molar-refractivity contribution >= 4 is 16.9 Å². The number of nitrogens with zero attached hydrogens (tertiary/aromatic N) is 2. The Kier molecular flexibility index (Phi) is 4.69. The zero-order valence-electron chi connectivity index (χ0n) is 13.1. The largest absolute Gasteiger partial charge is 0.383 e. The fourth-order valence-electron chi connectivity index (χ4n) is 2.43. The lowest BCUT2D eigenvalue weighted by Crippen LogP contribution is -1.96. The molecule has 3 aromatic rings. The highest BCUT2D eigenvalue weighted by Gasteiger charge is 2.08. The van der Waals surface area contributed by atoms with Crippen LogP contribution in [0, 0.1) is 6.92 Å². The lowest BCUT2D eigenvalue weighted by Gasteiger charge is -2.09. The summed E-state index contributed by atoms with van der Waals surface area (Å²) < 4.78 is 19.8. The van der Waals surface area contributed by atoms with Gasteiger partial charge in [-0.05, 0) is 30.2 Å². The zero-order chi connectivity index (χ0) is 17.1. The average molecular weight is 339 g/mol. The third kappa shape index (κ3) is 3.67. The van der Waals surface area contributed by atoms with Crippen molar-refractivity contribution in [3.8, 4) is 22.3 Å². The van der Waals surface area contributed by atoms with Gasteiger partial charge in [0.05, 0.1) is 5.75 Å². The molecule has 0 aliphatic heterocycles. The second-order valence-corrected chi connectivity index (χ2v) is 6.44. The van der Waals surface area contributed by atoms with E-state index in [0.717, 1.165) is 33.5 Å². The average Bonchev–Trinajstić information content (AvgIpc) is 2.56. The Morgan fingerprint density at radius 3 is 2.29 bits per heavy atom. The molecule has 0 saturated carbocycles. The molecule has 122 valence electrons. The molecule has 0 bridgehead atoms. The predicted molar refractivity (Wildman–Crippen MR) is 96.5 cm³/mol. The zero-order valence-corrected chi connectivity index (χ0v) is 14.0. The quantitative estimate of drug-likeness (QED) is 0.711. The maximum atomic E-state index is 10.9. The molecule has 3 rings (SSSR count). The van der Waals surface area contributed by atoms with Crippen LogP contribution in [0.15, 0.2) is 54.9 Å². The van der Waals surface area contributed by atoms with Crippen molar-refractivity contribution in [3.05, 3.63) is 66.1 Å². The number of nitrogen functional groups attached to an aromatic ring is 1. The molecule has 0 aliphatic carbocycles. The highest BCUT2D eigenvalue weighted by atomic mass is 32.2. The molecule has 0 amide bonds. The molecule has 1 unspecified atom stereocenters. The highest BCUT2D eigenvalue weighted by molar-refractivity contribution is 7.78. The normalized spacial score (nSPS) is 12.1. The number of aromatic nitrogens is 2. The van der Waals surface area contributed by atoms with Crippen molar-refractivity contribution in [2.75, 3.05) is 5.73 Å². The molecule has 0 saturated heterocycles. The number of rotatable bonds is 4. The van der Waals surface area contributed by atoms with Gasteiger partial charge in [0, 0.05) is 34.8 Å². The third-order valence-electron chi connectivity index (χ3n) is 3.72. The first kappa shape index (κ1) is 16.3. The standard InChI is InChI=1S/C18H17N3O2S/c1-12-2-5-15(9-20-12)17-8-16(10-21-18(17)19)14-6-3-13(4-7-14)11-24(22)23/h2-10H,11H2,1H3,(H2,19,21)(H,22,23). The fourth-order valence-corrected chi connectivity index (χ4v) is 2.91. The van der Waals surface area contributed by atoms with Gasteiger partial charge in [-0.3, -0.25) is 4.98 Å². The minimum absolute atomic E-state index is 0.126. The molecule has 5 nitrogen and oxygen atoms in total. The number of nitrogens with two attached hydrogens (primary N) is 1. The van der Waals surface area contributed by atoms with E-state index in [4.69, 9.17) is 10.3 Å². The van der Waals surface area contributed by atoms with E-state index in [0.29, 0.717) is 5.82 Å². The van der Waals surface area contributed by atoms with Crippen molar-refractivity contribution < 1.29 is 8.76 Å². The van der Waals surface area contributed by atoms with Crippen LogP contribution in [0.4, 0.5) is 5.82 Å². The third-order valence-corrected chi connectivity index (χ3v) is 4.30. The number of anilines is 1. The van der Waals surface area contributed by atoms with Gasteiger partial charge in [-0.15, -0.1) is 0 Å².